The molecule has 1 unspecified atom stereocenters. The van der Waals surface area contributed by atoms with Crippen LogP contribution in [0.5, 0.6) is 0 Å². The predicted octanol–water partition coefficient (Wildman–Crippen LogP) is 9.07. The molecule has 3 aromatic rings. The van der Waals surface area contributed by atoms with Crippen molar-refractivity contribution in [1.82, 2.24) is 0 Å². The van der Waals surface area contributed by atoms with Gasteiger partial charge >= 0.3 is 18.5 Å². The van der Waals surface area contributed by atoms with E-state index in [0.717, 1.165) is 25.1 Å². The van der Waals surface area contributed by atoms with E-state index >= 15 is 0 Å². The topological polar surface area (TPSA) is 0 Å². The van der Waals surface area contributed by atoms with Gasteiger partial charge in [-0.05, 0) is 80.3 Å². The fourth-order valence-corrected chi connectivity index (χ4v) is 6.46. The monoisotopic (exact) mass is 523 g/mol. The SMILES string of the molecule is Cc1cc(C)cc([S+](c2cc(C)cc(C(F)(F)F)c2)c2cc(C)c(C(F)(F)F)c(C(F)(F)F)c2)c1. The molecular weight excluding hydrogens is 503 g/mol. The first-order chi connectivity index (χ1) is 15.9. The van der Waals surface area contributed by atoms with E-state index in [9.17, 15) is 39.5 Å². The summed E-state index contributed by atoms with van der Waals surface area (Å²) in [5.74, 6) is 0. The molecule has 0 radical (unpaired) electrons. The first-order valence-electron chi connectivity index (χ1n) is 10.2. The highest BCUT2D eigenvalue weighted by Gasteiger charge is 2.46. The summed E-state index contributed by atoms with van der Waals surface area (Å²) in [5.41, 5.74) is -3.69. The van der Waals surface area contributed by atoms with Crippen molar-refractivity contribution in [3.05, 3.63) is 87.5 Å². The van der Waals surface area contributed by atoms with Crippen molar-refractivity contribution in [3.8, 4) is 0 Å². The highest BCUT2D eigenvalue weighted by atomic mass is 32.2. The average Bonchev–Trinajstić information content (AvgIpc) is 2.64. The maximum absolute atomic E-state index is 13.8. The Balaban J connectivity index is 2.42. The van der Waals surface area contributed by atoms with E-state index < -0.39 is 51.7 Å². The molecule has 3 rings (SSSR count). The van der Waals surface area contributed by atoms with Crippen LogP contribution in [0, 0.1) is 27.7 Å². The number of alkyl halides is 9. The Morgan fingerprint density at radius 2 is 0.943 bits per heavy atom. The number of halogens is 9. The zero-order chi connectivity index (χ0) is 26.5. The molecule has 0 heterocycles. The van der Waals surface area contributed by atoms with Crippen LogP contribution in [0.4, 0.5) is 39.5 Å². The first kappa shape index (κ1) is 27.0. The minimum Gasteiger partial charge on any atom is -0.166 e. The van der Waals surface area contributed by atoms with E-state index in [-0.39, 0.29) is 15.4 Å². The fourth-order valence-electron chi connectivity index (χ4n) is 3.96. The van der Waals surface area contributed by atoms with Crippen molar-refractivity contribution >= 4 is 10.9 Å². The van der Waals surface area contributed by atoms with Gasteiger partial charge in [0.1, 0.15) is 0 Å². The second kappa shape index (κ2) is 9.11. The Bertz CT molecular complexity index is 1230. The molecule has 0 N–H and O–H groups in total. The van der Waals surface area contributed by atoms with Gasteiger partial charge in [-0.1, -0.05) is 6.07 Å². The Morgan fingerprint density at radius 3 is 1.40 bits per heavy atom. The second-order valence-corrected chi connectivity index (χ2v) is 10.3. The molecule has 0 aliphatic carbocycles. The molecule has 3 aromatic carbocycles. The molecule has 1 atom stereocenters. The van der Waals surface area contributed by atoms with Crippen molar-refractivity contribution in [3.63, 3.8) is 0 Å². The third-order valence-electron chi connectivity index (χ3n) is 5.18. The van der Waals surface area contributed by atoms with Crippen molar-refractivity contribution in [2.24, 2.45) is 0 Å². The van der Waals surface area contributed by atoms with Gasteiger partial charge in [-0.2, -0.15) is 39.5 Å². The van der Waals surface area contributed by atoms with Gasteiger partial charge in [-0.15, -0.1) is 0 Å². The molecule has 0 saturated carbocycles. The van der Waals surface area contributed by atoms with Gasteiger partial charge in [-0.3, -0.25) is 0 Å². The van der Waals surface area contributed by atoms with Gasteiger partial charge in [0.05, 0.1) is 27.6 Å². The second-order valence-electron chi connectivity index (χ2n) is 8.32. The van der Waals surface area contributed by atoms with Crippen LogP contribution in [0.1, 0.15) is 38.9 Å². The fraction of sp³-hybridized carbons (Fsp3) is 0.280. The first-order valence-corrected chi connectivity index (χ1v) is 11.4. The minimum absolute atomic E-state index is 0.0506. The summed E-state index contributed by atoms with van der Waals surface area (Å²) < 4.78 is 123. The molecule has 0 aliphatic rings. The largest absolute Gasteiger partial charge is 0.417 e. The maximum atomic E-state index is 13.8. The summed E-state index contributed by atoms with van der Waals surface area (Å²) in [6.07, 6.45) is -15.3. The summed E-state index contributed by atoms with van der Waals surface area (Å²) in [6.45, 7) is 5.77. The van der Waals surface area contributed by atoms with E-state index in [2.05, 4.69) is 0 Å². The van der Waals surface area contributed by atoms with Crippen LogP contribution in [0.2, 0.25) is 0 Å². The molecule has 35 heavy (non-hydrogen) atoms. The van der Waals surface area contributed by atoms with Crippen LogP contribution in [-0.2, 0) is 29.4 Å². The van der Waals surface area contributed by atoms with Gasteiger partial charge in [0.15, 0.2) is 14.7 Å². The normalized spacial score (nSPS) is 13.7. The smallest absolute Gasteiger partial charge is 0.166 e. The lowest BCUT2D eigenvalue weighted by Gasteiger charge is -2.20. The molecule has 10 heteroatoms. The van der Waals surface area contributed by atoms with E-state index in [0.29, 0.717) is 22.1 Å². The van der Waals surface area contributed by atoms with Gasteiger partial charge in [-0.25, -0.2) is 0 Å². The van der Waals surface area contributed by atoms with Crippen LogP contribution in [0.15, 0.2) is 63.2 Å². The standard InChI is InChI=1S/C25H20F9S/c1-13-5-14(2)8-18(7-13)35(19-9-15(3)6-17(11-19)23(26,27)28)20-10-16(4)22(25(32,33)34)21(12-20)24(29,30)31/h5-12H,1-4H3/q+1. The lowest BCUT2D eigenvalue weighted by molar-refractivity contribution is -0.162. The molecule has 0 fully saturated rings. The Kier molecular flexibility index (Phi) is 7.02. The third kappa shape index (κ3) is 5.97. The van der Waals surface area contributed by atoms with Crippen LogP contribution in [-0.4, -0.2) is 0 Å². The molecule has 0 spiro atoms. The van der Waals surface area contributed by atoms with Crippen LogP contribution >= 0.6 is 0 Å². The predicted molar refractivity (Wildman–Crippen MR) is 115 cm³/mol. The maximum Gasteiger partial charge on any atom is 0.417 e. The highest BCUT2D eigenvalue weighted by Crippen LogP contribution is 2.45. The summed E-state index contributed by atoms with van der Waals surface area (Å²) >= 11 is 0. The summed E-state index contributed by atoms with van der Waals surface area (Å²) in [4.78, 5) is 0.287. The van der Waals surface area contributed by atoms with Gasteiger partial charge in [0, 0.05) is 12.1 Å². The average molecular weight is 523 g/mol. The summed E-state index contributed by atoms with van der Waals surface area (Å²) in [6, 6.07) is 9.57. The quantitative estimate of drug-likeness (QED) is 0.237. The van der Waals surface area contributed by atoms with E-state index in [1.165, 1.54) is 13.0 Å². The zero-order valence-electron chi connectivity index (χ0n) is 18.9. The molecule has 0 aromatic heterocycles. The lowest BCUT2D eigenvalue weighted by Crippen LogP contribution is -2.20. The van der Waals surface area contributed by atoms with E-state index in [1.54, 1.807) is 32.0 Å². The van der Waals surface area contributed by atoms with Gasteiger partial charge in [0.2, 0.25) is 0 Å². The molecule has 0 nitrogen and oxygen atoms in total. The van der Waals surface area contributed by atoms with E-state index in [1.807, 2.05) is 0 Å². The minimum atomic E-state index is -5.33. The van der Waals surface area contributed by atoms with Crippen molar-refractivity contribution in [2.75, 3.05) is 0 Å². The summed E-state index contributed by atoms with van der Waals surface area (Å²) in [5, 5.41) is 0. The number of aryl methyl sites for hydroxylation is 4. The van der Waals surface area contributed by atoms with Crippen LogP contribution < -0.4 is 0 Å². The number of hydrogen-bond acceptors (Lipinski definition) is 0. The Morgan fingerprint density at radius 1 is 0.486 bits per heavy atom. The van der Waals surface area contributed by atoms with Crippen molar-refractivity contribution in [2.45, 2.75) is 60.9 Å². The highest BCUT2D eigenvalue weighted by molar-refractivity contribution is 7.97. The molecule has 188 valence electrons. The number of hydrogen-bond donors (Lipinski definition) is 0. The summed E-state index contributed by atoms with van der Waals surface area (Å²) in [7, 11) is -1.55. The van der Waals surface area contributed by atoms with E-state index in [4.69, 9.17) is 0 Å². The van der Waals surface area contributed by atoms with Crippen LogP contribution in [0.3, 0.4) is 0 Å². The van der Waals surface area contributed by atoms with Crippen molar-refractivity contribution < 1.29 is 39.5 Å². The number of benzene rings is 3. The van der Waals surface area contributed by atoms with Crippen LogP contribution in [0.25, 0.3) is 0 Å². The third-order valence-corrected chi connectivity index (χ3v) is 7.30. The van der Waals surface area contributed by atoms with Crippen molar-refractivity contribution in [1.29, 1.82) is 0 Å². The Hall–Kier alpha value is -2.62. The molecule has 0 amide bonds. The van der Waals surface area contributed by atoms with Gasteiger partial charge in [0.25, 0.3) is 0 Å². The van der Waals surface area contributed by atoms with Gasteiger partial charge < -0.3 is 0 Å². The molecular formula is C25H20F9S+. The molecule has 0 bridgehead atoms. The Labute approximate surface area is 199 Å². The molecule has 0 aliphatic heterocycles. The zero-order valence-corrected chi connectivity index (χ0v) is 19.7. The number of rotatable bonds is 3. The molecule has 0 saturated heterocycles. The lowest BCUT2D eigenvalue weighted by atomic mass is 10.0.